The Balaban J connectivity index is 1.42. The molecule has 0 aliphatic carbocycles. The third kappa shape index (κ3) is 9.67. The molecule has 0 aromatic carbocycles. The van der Waals surface area contributed by atoms with E-state index in [2.05, 4.69) is 9.97 Å². The van der Waals surface area contributed by atoms with Crippen LogP contribution in [0.2, 0.25) is 0 Å². The molecule has 2 aliphatic rings. The fourth-order valence-electron chi connectivity index (χ4n) is 5.73. The molecule has 2 saturated heterocycles. The monoisotopic (exact) mass is 666 g/mol. The maximum absolute atomic E-state index is 14.0. The second-order valence-electron chi connectivity index (χ2n) is 11.3. The van der Waals surface area contributed by atoms with Crippen molar-refractivity contribution in [2.45, 2.75) is 74.4 Å². The van der Waals surface area contributed by atoms with E-state index in [0.717, 1.165) is 24.5 Å². The summed E-state index contributed by atoms with van der Waals surface area (Å²) in [5, 5.41) is 0. The van der Waals surface area contributed by atoms with E-state index in [-0.39, 0.29) is 26.2 Å². The normalized spacial score (nSPS) is 22.8. The highest BCUT2D eigenvalue weighted by atomic mass is 19.4. The Morgan fingerprint density at radius 2 is 1.00 bits per heavy atom. The van der Waals surface area contributed by atoms with Crippen LogP contribution >= 0.6 is 0 Å². The van der Waals surface area contributed by atoms with Gasteiger partial charge in [-0.3, -0.25) is 19.8 Å². The summed E-state index contributed by atoms with van der Waals surface area (Å²) in [6.45, 7) is -1.69. The van der Waals surface area contributed by atoms with Crippen molar-refractivity contribution in [1.82, 2.24) is 19.8 Å². The van der Waals surface area contributed by atoms with Crippen LogP contribution in [0.15, 0.2) is 36.7 Å². The molecule has 4 atom stereocenters. The third-order valence-corrected chi connectivity index (χ3v) is 8.01. The van der Waals surface area contributed by atoms with Crippen molar-refractivity contribution in [2.24, 2.45) is 0 Å². The molecular formula is C28H30F12N4O. The molecule has 45 heavy (non-hydrogen) atoms. The Kier molecular flexibility index (Phi) is 10.6. The van der Waals surface area contributed by atoms with Crippen molar-refractivity contribution in [1.29, 1.82) is 0 Å². The van der Waals surface area contributed by atoms with Crippen LogP contribution in [0, 0.1) is 0 Å². The average molecular weight is 667 g/mol. The molecule has 0 amide bonds. The van der Waals surface area contributed by atoms with Crippen molar-refractivity contribution in [3.8, 4) is 0 Å². The molecule has 0 spiro atoms. The van der Waals surface area contributed by atoms with Gasteiger partial charge in [-0.25, -0.2) is 0 Å². The van der Waals surface area contributed by atoms with Crippen LogP contribution in [0.1, 0.15) is 60.0 Å². The Morgan fingerprint density at radius 3 is 1.29 bits per heavy atom. The van der Waals surface area contributed by atoms with Gasteiger partial charge in [0.2, 0.25) is 0 Å². The summed E-state index contributed by atoms with van der Waals surface area (Å²) < 4.78 is 166. The first-order valence-electron chi connectivity index (χ1n) is 14.1. The van der Waals surface area contributed by atoms with Gasteiger partial charge in [0, 0.05) is 38.6 Å². The highest BCUT2D eigenvalue weighted by Gasteiger charge is 2.50. The minimum absolute atomic E-state index is 0.0470. The molecule has 0 N–H and O–H groups in total. The van der Waals surface area contributed by atoms with E-state index in [4.69, 9.17) is 4.74 Å². The van der Waals surface area contributed by atoms with E-state index >= 15 is 0 Å². The van der Waals surface area contributed by atoms with Crippen molar-refractivity contribution < 1.29 is 57.4 Å². The first-order valence-corrected chi connectivity index (χ1v) is 14.1. The molecule has 2 aromatic rings. The number of aromatic nitrogens is 2. The number of pyridine rings is 2. The van der Waals surface area contributed by atoms with E-state index in [1.54, 1.807) is 0 Å². The lowest BCUT2D eigenvalue weighted by Crippen LogP contribution is -2.52. The van der Waals surface area contributed by atoms with E-state index < -0.39 is 73.2 Å². The molecule has 2 fully saturated rings. The van der Waals surface area contributed by atoms with Crippen molar-refractivity contribution in [3.05, 3.63) is 59.2 Å². The highest BCUT2D eigenvalue weighted by Crippen LogP contribution is 2.36. The second-order valence-corrected chi connectivity index (χ2v) is 11.3. The Morgan fingerprint density at radius 1 is 0.622 bits per heavy atom. The van der Waals surface area contributed by atoms with Crippen LogP contribution in [0.3, 0.4) is 0 Å². The van der Waals surface area contributed by atoms with Crippen molar-refractivity contribution in [2.75, 3.05) is 39.3 Å². The van der Waals surface area contributed by atoms with Gasteiger partial charge in [-0.2, -0.15) is 52.7 Å². The molecule has 4 heterocycles. The molecule has 2 unspecified atom stereocenters. The predicted molar refractivity (Wildman–Crippen MR) is 136 cm³/mol. The van der Waals surface area contributed by atoms with Gasteiger partial charge in [0.1, 0.15) is 11.4 Å². The molecule has 0 saturated carbocycles. The maximum atomic E-state index is 14.0. The molecule has 5 nitrogen and oxygen atoms in total. The molecule has 2 aliphatic heterocycles. The molecule has 252 valence electrons. The van der Waals surface area contributed by atoms with E-state index in [1.165, 1.54) is 21.9 Å². The van der Waals surface area contributed by atoms with Crippen LogP contribution in [-0.2, 0) is 17.1 Å². The van der Waals surface area contributed by atoms with Gasteiger partial charge in [0.15, 0.2) is 12.2 Å². The lowest BCUT2D eigenvalue weighted by atomic mass is 9.91. The largest absolute Gasteiger partial charge is 0.433 e. The molecule has 0 radical (unpaired) electrons. The zero-order valence-corrected chi connectivity index (χ0v) is 23.6. The standard InChI is InChI=1S/C28H30F12N4O/c29-25(30,31)21-7-5-17(11-41-21)19-3-1-9-43(13-19)15-23(27(35,36)37)45-24(28(38,39)40)16-44-10-2-4-20(14-44)18-6-8-22(42-12-18)26(32,33)34/h5-8,11-12,19-20,23-24H,1-4,9-10,13-16H2/t19?,20?,23-,24-/m0/s1. The molecule has 17 heteroatoms. The number of ether oxygens (including phenoxy) is 1. The van der Waals surface area contributed by atoms with Gasteiger partial charge < -0.3 is 4.74 Å². The predicted octanol–water partition coefficient (Wildman–Crippen LogP) is 7.45. The molecule has 2 aromatic heterocycles. The van der Waals surface area contributed by atoms with E-state index in [0.29, 0.717) is 36.8 Å². The van der Waals surface area contributed by atoms with Gasteiger partial charge in [-0.1, -0.05) is 12.1 Å². The summed E-state index contributed by atoms with van der Waals surface area (Å²) >= 11 is 0. The Bertz CT molecular complexity index is 1130. The molecule has 4 rings (SSSR count). The Hall–Kier alpha value is -2.66. The first-order chi connectivity index (χ1) is 20.8. The minimum Gasteiger partial charge on any atom is -0.353 e. The smallest absolute Gasteiger partial charge is 0.353 e. The number of likely N-dealkylation sites (tertiary alicyclic amines) is 2. The maximum Gasteiger partial charge on any atom is 0.433 e. The number of rotatable bonds is 8. The topological polar surface area (TPSA) is 41.5 Å². The SMILES string of the molecule is FC(F)(F)c1ccc(C2CCCN(C[C@H](O[C@@H](CN3CCCC(c4ccc(C(F)(F)F)nc4)C3)C(F)(F)F)C(F)(F)F)C2)cn1. The van der Waals surface area contributed by atoms with Gasteiger partial charge in [-0.15, -0.1) is 0 Å². The van der Waals surface area contributed by atoms with Gasteiger partial charge in [0.05, 0.1) is 0 Å². The summed E-state index contributed by atoms with van der Waals surface area (Å²) in [6, 6.07) is 3.91. The van der Waals surface area contributed by atoms with Crippen LogP contribution in [-0.4, -0.2) is 83.6 Å². The Labute approximate surface area is 250 Å². The molecular weight excluding hydrogens is 636 g/mol. The number of alkyl halides is 12. The number of hydrogen-bond acceptors (Lipinski definition) is 5. The summed E-state index contributed by atoms with van der Waals surface area (Å²) in [6.07, 6.45) is -21.7. The number of piperidine rings is 2. The lowest BCUT2D eigenvalue weighted by molar-refractivity contribution is -0.290. The average Bonchev–Trinajstić information content (AvgIpc) is 2.95. The van der Waals surface area contributed by atoms with Crippen LogP contribution < -0.4 is 0 Å². The van der Waals surface area contributed by atoms with Gasteiger partial charge in [-0.05, 0) is 73.9 Å². The first kappa shape index (κ1) is 35.2. The second kappa shape index (κ2) is 13.6. The summed E-state index contributed by atoms with van der Waals surface area (Å²) in [7, 11) is 0. The number of halogens is 12. The number of hydrogen-bond donors (Lipinski definition) is 0. The summed E-state index contributed by atoms with van der Waals surface area (Å²) in [4.78, 5) is 9.34. The number of nitrogens with zero attached hydrogens (tertiary/aromatic N) is 4. The van der Waals surface area contributed by atoms with Crippen molar-refractivity contribution in [3.63, 3.8) is 0 Å². The fourth-order valence-corrected chi connectivity index (χ4v) is 5.73. The highest BCUT2D eigenvalue weighted by molar-refractivity contribution is 5.22. The summed E-state index contributed by atoms with van der Waals surface area (Å²) in [5.74, 6) is -0.961. The fraction of sp³-hybridized carbons (Fsp3) is 0.643. The van der Waals surface area contributed by atoms with Crippen LogP contribution in [0.5, 0.6) is 0 Å². The van der Waals surface area contributed by atoms with Crippen LogP contribution in [0.25, 0.3) is 0 Å². The van der Waals surface area contributed by atoms with E-state index in [1.807, 2.05) is 0 Å². The summed E-state index contributed by atoms with van der Waals surface area (Å²) in [5.41, 5.74) is -1.51. The van der Waals surface area contributed by atoms with E-state index in [9.17, 15) is 52.7 Å². The zero-order chi connectivity index (χ0) is 33.2. The van der Waals surface area contributed by atoms with Gasteiger partial charge in [0.25, 0.3) is 0 Å². The molecule has 0 bridgehead atoms. The minimum atomic E-state index is -5.16. The lowest BCUT2D eigenvalue weighted by Gasteiger charge is -2.39. The van der Waals surface area contributed by atoms with Gasteiger partial charge >= 0.3 is 24.7 Å². The zero-order valence-electron chi connectivity index (χ0n) is 23.6. The van der Waals surface area contributed by atoms with Crippen molar-refractivity contribution >= 4 is 0 Å². The quantitative estimate of drug-likeness (QED) is 0.274. The third-order valence-electron chi connectivity index (χ3n) is 8.01. The van der Waals surface area contributed by atoms with Crippen LogP contribution in [0.4, 0.5) is 52.7 Å².